The fourth-order valence-corrected chi connectivity index (χ4v) is 4.71. The zero-order chi connectivity index (χ0) is 23.7. The summed E-state index contributed by atoms with van der Waals surface area (Å²) in [4.78, 5) is 47.3. The first-order chi connectivity index (χ1) is 16.5. The summed E-state index contributed by atoms with van der Waals surface area (Å²) >= 11 is 0. The zero-order valence-corrected chi connectivity index (χ0v) is 19.0. The van der Waals surface area contributed by atoms with Gasteiger partial charge in [-0.3, -0.25) is 19.0 Å². The van der Waals surface area contributed by atoms with Crippen LogP contribution in [0.2, 0.25) is 0 Å². The maximum Gasteiger partial charge on any atom is 0.252 e. The van der Waals surface area contributed by atoms with E-state index < -0.39 is 0 Å². The van der Waals surface area contributed by atoms with Crippen molar-refractivity contribution in [3.8, 4) is 11.6 Å². The Bertz CT molecular complexity index is 1320. The number of aromatic nitrogens is 3. The monoisotopic (exact) mass is 462 g/mol. The molecule has 0 radical (unpaired) electrons. The van der Waals surface area contributed by atoms with Crippen molar-refractivity contribution in [1.29, 1.82) is 0 Å². The molecule has 1 unspecified atom stereocenters. The number of hydrogen-bond acceptors (Lipinski definition) is 7. The van der Waals surface area contributed by atoms with Crippen LogP contribution in [0.25, 0.3) is 11.2 Å². The number of methoxy groups -OCH3 is 1. The smallest absolute Gasteiger partial charge is 0.252 e. The second kappa shape index (κ2) is 9.24. The van der Waals surface area contributed by atoms with E-state index in [-0.39, 0.29) is 29.8 Å². The number of hydrogen-bond donors (Lipinski definition) is 0. The first kappa shape index (κ1) is 22.1. The molecule has 2 aliphatic rings. The van der Waals surface area contributed by atoms with E-state index in [9.17, 15) is 14.4 Å². The summed E-state index contributed by atoms with van der Waals surface area (Å²) in [7, 11) is 1.52. The van der Waals surface area contributed by atoms with Crippen molar-refractivity contribution >= 4 is 28.5 Å². The zero-order valence-electron chi connectivity index (χ0n) is 19.0. The molecule has 1 atom stereocenters. The van der Waals surface area contributed by atoms with Gasteiger partial charge in [-0.25, -0.2) is 4.98 Å². The highest BCUT2D eigenvalue weighted by molar-refractivity contribution is 5.96. The van der Waals surface area contributed by atoms with Crippen LogP contribution in [0.3, 0.4) is 0 Å². The predicted octanol–water partition coefficient (Wildman–Crippen LogP) is 2.53. The van der Waals surface area contributed by atoms with Crippen molar-refractivity contribution in [2.75, 3.05) is 25.2 Å². The van der Waals surface area contributed by atoms with Crippen LogP contribution in [-0.2, 0) is 22.6 Å². The third-order valence-corrected chi connectivity index (χ3v) is 6.46. The molecular weight excluding hydrogens is 436 g/mol. The first-order valence-electron chi connectivity index (χ1n) is 11.5. The third-order valence-electron chi connectivity index (χ3n) is 6.46. The Morgan fingerprint density at radius 2 is 2.03 bits per heavy atom. The van der Waals surface area contributed by atoms with E-state index in [0.29, 0.717) is 43.0 Å². The molecule has 3 aromatic rings. The van der Waals surface area contributed by atoms with Crippen LogP contribution in [0.15, 0.2) is 41.3 Å². The number of Topliss-reactive ketones (excluding diaryl/α,β-unsaturated/α-hetero) is 1. The topological polar surface area (TPSA) is 104 Å². The predicted molar refractivity (Wildman–Crippen MR) is 125 cm³/mol. The number of pyridine rings is 1. The van der Waals surface area contributed by atoms with Crippen LogP contribution in [0.4, 0.5) is 5.69 Å². The summed E-state index contributed by atoms with van der Waals surface area (Å²) in [6.45, 7) is 1.30. The number of unbranched alkanes of at least 4 members (excludes halogenated alkanes) is 1. The van der Waals surface area contributed by atoms with E-state index in [0.717, 1.165) is 36.3 Å². The van der Waals surface area contributed by atoms with Crippen LogP contribution in [0.5, 0.6) is 11.6 Å². The summed E-state index contributed by atoms with van der Waals surface area (Å²) in [5.41, 5.74) is 2.70. The van der Waals surface area contributed by atoms with Gasteiger partial charge in [-0.05, 0) is 43.0 Å². The highest BCUT2D eigenvalue weighted by Gasteiger charge is 2.31. The fraction of sp³-hybridized carbons (Fsp3) is 0.400. The van der Waals surface area contributed by atoms with E-state index in [2.05, 4.69) is 9.97 Å². The van der Waals surface area contributed by atoms with Gasteiger partial charge in [0.2, 0.25) is 11.8 Å². The second-order valence-electron chi connectivity index (χ2n) is 8.81. The van der Waals surface area contributed by atoms with Crippen molar-refractivity contribution in [3.05, 3.63) is 52.4 Å². The molecule has 9 heteroatoms. The number of nitrogens with zero attached hydrogens (tertiary/aromatic N) is 4. The molecule has 0 bridgehead atoms. The molecule has 9 nitrogen and oxygen atoms in total. The highest BCUT2D eigenvalue weighted by Crippen LogP contribution is 2.33. The summed E-state index contributed by atoms with van der Waals surface area (Å²) in [6, 6.07) is 8.81. The summed E-state index contributed by atoms with van der Waals surface area (Å²) < 4.78 is 12.2. The molecule has 1 aromatic carbocycles. The molecule has 2 aromatic heterocycles. The van der Waals surface area contributed by atoms with Gasteiger partial charge in [0.05, 0.1) is 13.3 Å². The number of carbonyl (C=O) groups is 2. The Labute approximate surface area is 196 Å². The van der Waals surface area contributed by atoms with E-state index in [1.54, 1.807) is 15.5 Å². The maximum atomic E-state index is 12.7. The molecule has 34 heavy (non-hydrogen) atoms. The van der Waals surface area contributed by atoms with E-state index in [4.69, 9.17) is 9.47 Å². The molecule has 0 spiro atoms. The number of carbonyl (C=O) groups excluding carboxylic acids is 2. The van der Waals surface area contributed by atoms with Gasteiger partial charge in [0, 0.05) is 43.2 Å². The molecule has 176 valence electrons. The van der Waals surface area contributed by atoms with Gasteiger partial charge >= 0.3 is 0 Å². The van der Waals surface area contributed by atoms with Crippen molar-refractivity contribution in [3.63, 3.8) is 0 Å². The number of ether oxygens (including phenoxy) is 2. The maximum absolute atomic E-state index is 12.7. The molecule has 1 amide bonds. The van der Waals surface area contributed by atoms with Gasteiger partial charge in [-0.1, -0.05) is 6.42 Å². The molecule has 4 heterocycles. The number of fused-ring (bicyclic) bond motifs is 2. The van der Waals surface area contributed by atoms with Crippen LogP contribution in [0, 0.1) is 5.92 Å². The molecule has 0 N–H and O–H groups in total. The Hall–Kier alpha value is -3.75. The first-order valence-corrected chi connectivity index (χ1v) is 11.5. The van der Waals surface area contributed by atoms with Crippen molar-refractivity contribution in [2.45, 2.75) is 38.6 Å². The number of ketones is 1. The Balaban J connectivity index is 1.20. The lowest BCUT2D eigenvalue weighted by Crippen LogP contribution is -2.26. The van der Waals surface area contributed by atoms with Crippen LogP contribution in [-0.4, -0.2) is 46.5 Å². The average molecular weight is 463 g/mol. The van der Waals surface area contributed by atoms with Gasteiger partial charge in [0.1, 0.15) is 17.9 Å². The lowest BCUT2D eigenvalue weighted by Gasteiger charge is -2.21. The fourth-order valence-electron chi connectivity index (χ4n) is 4.71. The molecular formula is C25H26N4O5. The van der Waals surface area contributed by atoms with Gasteiger partial charge in [0.25, 0.3) is 5.56 Å². The summed E-state index contributed by atoms with van der Waals surface area (Å²) in [6.07, 6.45) is 4.96. The average Bonchev–Trinajstić information content (AvgIpc) is 3.22. The molecule has 5 rings (SSSR count). The second-order valence-corrected chi connectivity index (χ2v) is 8.81. The highest BCUT2D eigenvalue weighted by atomic mass is 16.5. The number of rotatable bonds is 7. The largest absolute Gasteiger partial charge is 0.486 e. The van der Waals surface area contributed by atoms with E-state index in [1.165, 1.54) is 19.4 Å². The molecule has 0 saturated carbocycles. The molecule has 1 saturated heterocycles. The minimum absolute atomic E-state index is 0.0463. The van der Waals surface area contributed by atoms with E-state index in [1.807, 2.05) is 18.2 Å². The SMILES string of the molecule is COc1cnc2ccc(=O)n(CCCCC3CC(=O)N(c4ccc5c(c4)CC(=O)CO5)C3)c2n1. The Kier molecular flexibility index (Phi) is 6.00. The van der Waals surface area contributed by atoms with Crippen LogP contribution in [0.1, 0.15) is 31.2 Å². The Morgan fingerprint density at radius 1 is 1.15 bits per heavy atom. The van der Waals surface area contributed by atoms with Gasteiger partial charge in [0.15, 0.2) is 11.4 Å². The van der Waals surface area contributed by atoms with Crippen LogP contribution < -0.4 is 19.9 Å². The van der Waals surface area contributed by atoms with Crippen molar-refractivity contribution in [2.24, 2.45) is 5.92 Å². The Morgan fingerprint density at radius 3 is 2.88 bits per heavy atom. The minimum atomic E-state index is -0.118. The lowest BCUT2D eigenvalue weighted by atomic mass is 10.0. The van der Waals surface area contributed by atoms with E-state index >= 15 is 0 Å². The van der Waals surface area contributed by atoms with Gasteiger partial charge in [-0.15, -0.1) is 0 Å². The van der Waals surface area contributed by atoms with Crippen molar-refractivity contribution < 1.29 is 19.1 Å². The number of amides is 1. The van der Waals surface area contributed by atoms with Gasteiger partial charge < -0.3 is 14.4 Å². The third kappa shape index (κ3) is 4.37. The molecule has 1 fully saturated rings. The van der Waals surface area contributed by atoms with Crippen molar-refractivity contribution in [1.82, 2.24) is 14.5 Å². The number of anilines is 1. The number of benzene rings is 1. The van der Waals surface area contributed by atoms with Crippen LogP contribution >= 0.6 is 0 Å². The lowest BCUT2D eigenvalue weighted by molar-refractivity contribution is -0.121. The molecule has 0 aliphatic carbocycles. The standard InChI is InChI=1S/C25H26N4O5/c1-33-22-13-26-20-6-8-23(31)28(25(20)27-22)9-3-2-4-16-10-24(32)29(14-16)18-5-7-21-17(11-18)12-19(30)15-34-21/h5-8,11,13,16H,2-4,9-10,12,14-15H2,1H3. The van der Waals surface area contributed by atoms with Gasteiger partial charge in [-0.2, -0.15) is 4.98 Å². The number of aryl methyl sites for hydroxylation is 1. The summed E-state index contributed by atoms with van der Waals surface area (Å²) in [5.74, 6) is 1.49. The normalized spacial score (nSPS) is 17.7. The minimum Gasteiger partial charge on any atom is -0.486 e. The quantitative estimate of drug-likeness (QED) is 0.497. The summed E-state index contributed by atoms with van der Waals surface area (Å²) in [5, 5.41) is 0. The molecule has 2 aliphatic heterocycles.